The molecule has 2 heterocycles. The second-order valence-electron chi connectivity index (χ2n) is 7.39. The number of amides is 1. The highest BCUT2D eigenvalue weighted by Crippen LogP contribution is 2.26. The van der Waals surface area contributed by atoms with Gasteiger partial charge in [0.15, 0.2) is 0 Å². The molecule has 0 aliphatic carbocycles. The third kappa shape index (κ3) is 4.11. The van der Waals surface area contributed by atoms with Crippen LogP contribution in [0.15, 0.2) is 67.0 Å². The van der Waals surface area contributed by atoms with Crippen LogP contribution < -0.4 is 4.72 Å². The van der Waals surface area contributed by atoms with Gasteiger partial charge in [0.05, 0.1) is 17.5 Å². The zero-order valence-corrected chi connectivity index (χ0v) is 17.7. The maximum Gasteiger partial charge on any atom is 0.266 e. The molecule has 4 rings (SSSR count). The Morgan fingerprint density at radius 1 is 0.867 bits per heavy atom. The Kier molecular flexibility index (Phi) is 4.91. The van der Waals surface area contributed by atoms with Gasteiger partial charge in [-0.05, 0) is 48.2 Å². The number of pyridine rings is 1. The molecule has 0 atom stereocenters. The lowest BCUT2D eigenvalue weighted by molar-refractivity contribution is 0.0981. The number of nitrogens with one attached hydrogen (secondary N) is 1. The minimum atomic E-state index is -3.62. The number of imidazole rings is 1. The van der Waals surface area contributed by atoms with E-state index in [1.165, 1.54) is 16.7 Å². The minimum absolute atomic E-state index is 0.238. The highest BCUT2D eigenvalue weighted by molar-refractivity contribution is 7.89. The summed E-state index contributed by atoms with van der Waals surface area (Å²) < 4.78 is 26.2. The summed E-state index contributed by atoms with van der Waals surface area (Å²) in [6.45, 7) is 4.20. The zero-order chi connectivity index (χ0) is 21.5. The van der Waals surface area contributed by atoms with Crippen LogP contribution in [-0.4, -0.2) is 30.0 Å². The number of fused-ring (bicyclic) bond motifs is 1. The van der Waals surface area contributed by atoms with Crippen molar-refractivity contribution in [2.24, 2.45) is 0 Å². The Labute approximate surface area is 175 Å². The SMILES string of the molecule is Cc1ccc(-c2ccc(-c3cn4cc(C(=O)NS(C)(=O)=O)ccc4n3)cc2)cc1C. The van der Waals surface area contributed by atoms with Gasteiger partial charge in [-0.3, -0.25) is 4.79 Å². The standard InChI is InChI=1S/C23H21N3O3S/c1-15-4-5-19(12-16(15)2)17-6-8-18(9-7-17)21-14-26-13-20(10-11-22(26)24-21)23(27)25-30(3,28)29/h4-14H,1-3H3,(H,25,27). The van der Waals surface area contributed by atoms with Gasteiger partial charge in [0, 0.05) is 18.0 Å². The van der Waals surface area contributed by atoms with E-state index in [1.807, 2.05) is 23.1 Å². The van der Waals surface area contributed by atoms with E-state index in [0.29, 0.717) is 5.65 Å². The van der Waals surface area contributed by atoms with Gasteiger partial charge in [-0.15, -0.1) is 0 Å². The number of aryl methyl sites for hydroxylation is 2. The Balaban J connectivity index is 1.63. The van der Waals surface area contributed by atoms with Crippen LogP contribution in [0.1, 0.15) is 21.5 Å². The van der Waals surface area contributed by atoms with Gasteiger partial charge in [0.2, 0.25) is 10.0 Å². The van der Waals surface area contributed by atoms with Gasteiger partial charge in [-0.2, -0.15) is 0 Å². The molecule has 0 fully saturated rings. The number of nitrogens with zero attached hydrogens (tertiary/aromatic N) is 2. The summed E-state index contributed by atoms with van der Waals surface area (Å²) in [7, 11) is -3.62. The second-order valence-corrected chi connectivity index (χ2v) is 9.14. The van der Waals surface area contributed by atoms with Crippen molar-refractivity contribution in [3.8, 4) is 22.4 Å². The van der Waals surface area contributed by atoms with Gasteiger partial charge < -0.3 is 4.40 Å². The number of hydrogen-bond acceptors (Lipinski definition) is 4. The van der Waals surface area contributed by atoms with E-state index in [1.54, 1.807) is 22.7 Å². The molecule has 1 N–H and O–H groups in total. The van der Waals surface area contributed by atoms with Crippen molar-refractivity contribution in [2.45, 2.75) is 13.8 Å². The summed E-state index contributed by atoms with van der Waals surface area (Å²) in [5.41, 5.74) is 7.45. The molecule has 0 aliphatic rings. The van der Waals surface area contributed by atoms with Crippen molar-refractivity contribution in [1.29, 1.82) is 0 Å². The highest BCUT2D eigenvalue weighted by atomic mass is 32.2. The first-order chi connectivity index (χ1) is 14.2. The van der Waals surface area contributed by atoms with E-state index in [0.717, 1.165) is 23.1 Å². The molecule has 0 saturated carbocycles. The van der Waals surface area contributed by atoms with Gasteiger partial charge in [0.25, 0.3) is 5.91 Å². The van der Waals surface area contributed by atoms with Crippen LogP contribution in [-0.2, 0) is 10.0 Å². The first kappa shape index (κ1) is 19.8. The summed E-state index contributed by atoms with van der Waals surface area (Å²) in [4.78, 5) is 16.7. The fourth-order valence-corrected chi connectivity index (χ4v) is 3.70. The van der Waals surface area contributed by atoms with Crippen LogP contribution in [0.4, 0.5) is 0 Å². The fourth-order valence-electron chi connectivity index (χ4n) is 3.25. The number of hydrogen-bond donors (Lipinski definition) is 1. The molecule has 152 valence electrons. The third-order valence-electron chi connectivity index (χ3n) is 5.01. The maximum absolute atomic E-state index is 12.1. The summed E-state index contributed by atoms with van der Waals surface area (Å²) in [5, 5.41) is 0. The lowest BCUT2D eigenvalue weighted by Gasteiger charge is -2.06. The van der Waals surface area contributed by atoms with Crippen molar-refractivity contribution in [2.75, 3.05) is 6.26 Å². The summed E-state index contributed by atoms with van der Waals surface area (Å²) >= 11 is 0. The number of carbonyl (C=O) groups is 1. The van der Waals surface area contributed by atoms with E-state index in [9.17, 15) is 13.2 Å². The molecule has 0 saturated heterocycles. The average Bonchev–Trinajstić information content (AvgIpc) is 3.12. The van der Waals surface area contributed by atoms with E-state index >= 15 is 0 Å². The molecular formula is C23H21N3O3S. The van der Waals surface area contributed by atoms with Crippen molar-refractivity contribution >= 4 is 21.6 Å². The molecule has 0 bridgehead atoms. The molecule has 0 spiro atoms. The molecule has 6 nitrogen and oxygen atoms in total. The molecule has 0 aliphatic heterocycles. The van der Waals surface area contributed by atoms with Crippen LogP contribution in [0, 0.1) is 13.8 Å². The molecule has 7 heteroatoms. The van der Waals surface area contributed by atoms with Crippen LogP contribution in [0.25, 0.3) is 28.0 Å². The molecule has 30 heavy (non-hydrogen) atoms. The Morgan fingerprint density at radius 3 is 2.20 bits per heavy atom. The molecule has 2 aromatic heterocycles. The van der Waals surface area contributed by atoms with E-state index in [-0.39, 0.29) is 5.56 Å². The average molecular weight is 420 g/mol. The first-order valence-corrected chi connectivity index (χ1v) is 11.3. The van der Waals surface area contributed by atoms with Gasteiger partial charge in [-0.1, -0.05) is 42.5 Å². The lowest BCUT2D eigenvalue weighted by atomic mass is 9.99. The topological polar surface area (TPSA) is 80.5 Å². The van der Waals surface area contributed by atoms with Crippen molar-refractivity contribution in [1.82, 2.24) is 14.1 Å². The Morgan fingerprint density at radius 2 is 1.53 bits per heavy atom. The smallest absolute Gasteiger partial charge is 0.266 e. The maximum atomic E-state index is 12.1. The monoisotopic (exact) mass is 419 g/mol. The highest BCUT2D eigenvalue weighted by Gasteiger charge is 2.13. The van der Waals surface area contributed by atoms with Crippen molar-refractivity contribution < 1.29 is 13.2 Å². The molecule has 0 unspecified atom stereocenters. The second kappa shape index (κ2) is 7.42. The van der Waals surface area contributed by atoms with E-state index in [4.69, 9.17) is 0 Å². The van der Waals surface area contributed by atoms with Crippen LogP contribution >= 0.6 is 0 Å². The third-order valence-corrected chi connectivity index (χ3v) is 5.57. The summed E-state index contributed by atoms with van der Waals surface area (Å²) in [6.07, 6.45) is 4.33. The van der Waals surface area contributed by atoms with Crippen LogP contribution in [0.3, 0.4) is 0 Å². The summed E-state index contributed by atoms with van der Waals surface area (Å²) in [5.74, 6) is -0.674. The molecular weight excluding hydrogens is 398 g/mol. The van der Waals surface area contributed by atoms with Gasteiger partial charge in [-0.25, -0.2) is 18.1 Å². The van der Waals surface area contributed by atoms with Crippen molar-refractivity contribution in [3.05, 3.63) is 83.7 Å². The Hall–Kier alpha value is -3.45. The normalized spacial score (nSPS) is 11.6. The first-order valence-electron chi connectivity index (χ1n) is 9.38. The number of benzene rings is 2. The number of carbonyl (C=O) groups excluding carboxylic acids is 1. The molecule has 1 amide bonds. The van der Waals surface area contributed by atoms with Crippen molar-refractivity contribution in [3.63, 3.8) is 0 Å². The Bertz CT molecular complexity index is 1370. The van der Waals surface area contributed by atoms with Crippen LogP contribution in [0.2, 0.25) is 0 Å². The largest absolute Gasteiger partial charge is 0.306 e. The number of rotatable bonds is 4. The van der Waals surface area contributed by atoms with E-state index < -0.39 is 15.9 Å². The summed E-state index contributed by atoms with van der Waals surface area (Å²) in [6, 6.07) is 17.8. The molecule has 2 aromatic carbocycles. The fraction of sp³-hybridized carbons (Fsp3) is 0.130. The molecule has 4 aromatic rings. The van der Waals surface area contributed by atoms with Gasteiger partial charge >= 0.3 is 0 Å². The van der Waals surface area contributed by atoms with Crippen LogP contribution in [0.5, 0.6) is 0 Å². The number of aromatic nitrogens is 2. The predicted molar refractivity (Wildman–Crippen MR) is 118 cm³/mol. The molecule has 0 radical (unpaired) electrons. The zero-order valence-electron chi connectivity index (χ0n) is 16.9. The predicted octanol–water partition coefficient (Wildman–Crippen LogP) is 3.97. The number of sulfonamides is 1. The quantitative estimate of drug-likeness (QED) is 0.543. The van der Waals surface area contributed by atoms with Gasteiger partial charge in [0.1, 0.15) is 5.65 Å². The van der Waals surface area contributed by atoms with E-state index in [2.05, 4.69) is 49.2 Å². The minimum Gasteiger partial charge on any atom is -0.306 e. The lowest BCUT2D eigenvalue weighted by Crippen LogP contribution is -2.29.